The number of rotatable bonds is 2. The molecule has 2 aliphatic heterocycles. The molecule has 2 N–H and O–H groups in total. The first-order valence-electron chi connectivity index (χ1n) is 6.58. The smallest absolute Gasteiger partial charge is 0.337 e. The molecule has 7 nitrogen and oxygen atoms in total. The van der Waals surface area contributed by atoms with Crippen LogP contribution in [0, 0.1) is 10.8 Å². The van der Waals surface area contributed by atoms with E-state index in [4.69, 9.17) is 5.11 Å². The molecule has 0 spiro atoms. The van der Waals surface area contributed by atoms with Crippen LogP contribution in [0.1, 0.15) is 24.2 Å². The molecule has 3 rings (SSSR count). The molecule has 7 heteroatoms. The highest BCUT2D eigenvalue weighted by Crippen LogP contribution is 2.50. The van der Waals surface area contributed by atoms with Crippen molar-refractivity contribution in [2.24, 2.45) is 10.8 Å². The van der Waals surface area contributed by atoms with E-state index >= 15 is 0 Å². The van der Waals surface area contributed by atoms with Gasteiger partial charge in [0, 0.05) is 19.3 Å². The van der Waals surface area contributed by atoms with E-state index in [9.17, 15) is 14.4 Å². The largest absolute Gasteiger partial charge is 0.478 e. The molecule has 110 valence electrons. The van der Waals surface area contributed by atoms with E-state index in [1.54, 1.807) is 19.9 Å². The fourth-order valence-corrected chi connectivity index (χ4v) is 3.05. The second kappa shape index (κ2) is 4.03. The number of carboxylic acid groups (broad SMARTS) is 1. The van der Waals surface area contributed by atoms with Gasteiger partial charge in [0.1, 0.15) is 5.82 Å². The van der Waals surface area contributed by atoms with Crippen LogP contribution in [0.3, 0.4) is 0 Å². The summed E-state index contributed by atoms with van der Waals surface area (Å²) in [6, 6.07) is 3.06. The number of hydrogen-bond donors (Lipinski definition) is 2. The minimum absolute atomic E-state index is 0.101. The van der Waals surface area contributed by atoms with E-state index in [0.29, 0.717) is 18.9 Å². The van der Waals surface area contributed by atoms with Crippen molar-refractivity contribution in [3.05, 3.63) is 23.9 Å². The van der Waals surface area contributed by atoms with Crippen LogP contribution in [0.25, 0.3) is 0 Å². The molecule has 2 atom stereocenters. The van der Waals surface area contributed by atoms with Gasteiger partial charge in [0.05, 0.1) is 16.4 Å². The van der Waals surface area contributed by atoms with Crippen molar-refractivity contribution in [2.45, 2.75) is 13.8 Å². The summed E-state index contributed by atoms with van der Waals surface area (Å²) in [5, 5.41) is 11.3. The van der Waals surface area contributed by atoms with Crippen LogP contribution >= 0.6 is 0 Å². The predicted octanol–water partition coefficient (Wildman–Crippen LogP) is 0.269. The number of amides is 2. The predicted molar refractivity (Wildman–Crippen MR) is 72.8 cm³/mol. The number of fused-ring (bicyclic) bond motifs is 1. The molecule has 2 fully saturated rings. The Bertz CT molecular complexity index is 629. The van der Waals surface area contributed by atoms with Crippen LogP contribution in [0.5, 0.6) is 0 Å². The number of carbonyl (C=O) groups is 3. The molecule has 2 unspecified atom stereocenters. The zero-order chi connectivity index (χ0) is 15.4. The third-order valence-corrected chi connectivity index (χ3v) is 4.78. The number of nitrogens with one attached hydrogen (secondary N) is 1. The molecular formula is C14H15N3O4. The van der Waals surface area contributed by atoms with Gasteiger partial charge in [0.25, 0.3) is 0 Å². The Morgan fingerprint density at radius 2 is 1.81 bits per heavy atom. The van der Waals surface area contributed by atoms with Crippen molar-refractivity contribution in [1.29, 1.82) is 0 Å². The van der Waals surface area contributed by atoms with E-state index in [1.165, 1.54) is 12.3 Å². The first-order chi connectivity index (χ1) is 9.78. The van der Waals surface area contributed by atoms with Gasteiger partial charge in [-0.3, -0.25) is 14.9 Å². The highest BCUT2D eigenvalue weighted by molar-refractivity contribution is 6.10. The van der Waals surface area contributed by atoms with E-state index < -0.39 is 16.8 Å². The van der Waals surface area contributed by atoms with Gasteiger partial charge in [0.2, 0.25) is 11.8 Å². The summed E-state index contributed by atoms with van der Waals surface area (Å²) in [5.74, 6) is -1.00. The van der Waals surface area contributed by atoms with Gasteiger partial charge < -0.3 is 10.0 Å². The normalized spacial score (nSPS) is 31.2. The van der Waals surface area contributed by atoms with E-state index in [2.05, 4.69) is 10.3 Å². The highest BCUT2D eigenvalue weighted by atomic mass is 16.4. The topological polar surface area (TPSA) is 99.6 Å². The van der Waals surface area contributed by atoms with Gasteiger partial charge in [-0.25, -0.2) is 9.78 Å². The lowest BCUT2D eigenvalue weighted by atomic mass is 9.70. The Hall–Kier alpha value is -2.44. The Morgan fingerprint density at radius 1 is 1.24 bits per heavy atom. The number of carbonyl (C=O) groups excluding carboxylic acids is 2. The SMILES string of the molecule is CC12CN(c3ccc(C(=O)O)cn3)CC1(C)C(=O)NC2=O. The molecule has 2 saturated heterocycles. The Labute approximate surface area is 121 Å². The fraction of sp³-hybridized carbons (Fsp3) is 0.429. The van der Waals surface area contributed by atoms with Crippen LogP contribution < -0.4 is 10.2 Å². The summed E-state index contributed by atoms with van der Waals surface area (Å²) in [7, 11) is 0. The van der Waals surface area contributed by atoms with Crippen LogP contribution in [0.2, 0.25) is 0 Å². The number of carboxylic acids is 1. The average molecular weight is 289 g/mol. The molecule has 2 amide bonds. The minimum Gasteiger partial charge on any atom is -0.478 e. The van der Waals surface area contributed by atoms with Gasteiger partial charge in [-0.15, -0.1) is 0 Å². The first-order valence-corrected chi connectivity index (χ1v) is 6.58. The van der Waals surface area contributed by atoms with Crippen molar-refractivity contribution in [2.75, 3.05) is 18.0 Å². The number of anilines is 1. The Kier molecular flexibility index (Phi) is 2.60. The zero-order valence-corrected chi connectivity index (χ0v) is 11.7. The molecule has 0 saturated carbocycles. The van der Waals surface area contributed by atoms with Crippen LogP contribution in [-0.2, 0) is 9.59 Å². The van der Waals surface area contributed by atoms with Gasteiger partial charge in [-0.05, 0) is 26.0 Å². The first kappa shape index (κ1) is 13.5. The van der Waals surface area contributed by atoms with Crippen LogP contribution in [0.15, 0.2) is 18.3 Å². The Morgan fingerprint density at radius 3 is 2.24 bits per heavy atom. The number of nitrogens with zero attached hydrogens (tertiary/aromatic N) is 2. The molecule has 0 aromatic carbocycles. The summed E-state index contributed by atoms with van der Waals surface area (Å²) in [4.78, 5) is 40.9. The van der Waals surface area contributed by atoms with Crippen molar-refractivity contribution in [3.63, 3.8) is 0 Å². The maximum Gasteiger partial charge on any atom is 0.337 e. The monoisotopic (exact) mass is 289 g/mol. The molecule has 1 aromatic rings. The molecule has 2 aliphatic rings. The summed E-state index contributed by atoms with van der Waals surface area (Å²) in [6.07, 6.45) is 1.28. The molecule has 0 bridgehead atoms. The quantitative estimate of drug-likeness (QED) is 0.758. The lowest BCUT2D eigenvalue weighted by molar-refractivity contribution is -0.128. The Balaban J connectivity index is 1.92. The third kappa shape index (κ3) is 1.66. The lowest BCUT2D eigenvalue weighted by Crippen LogP contribution is -2.38. The summed E-state index contributed by atoms with van der Waals surface area (Å²) >= 11 is 0. The zero-order valence-electron chi connectivity index (χ0n) is 11.7. The maximum absolute atomic E-state index is 12.1. The van der Waals surface area contributed by atoms with Gasteiger partial charge in [0.15, 0.2) is 0 Å². The van der Waals surface area contributed by atoms with Crippen molar-refractivity contribution >= 4 is 23.6 Å². The summed E-state index contributed by atoms with van der Waals surface area (Å²) in [6.45, 7) is 4.30. The van der Waals surface area contributed by atoms with Gasteiger partial charge in [-0.1, -0.05) is 0 Å². The van der Waals surface area contributed by atoms with Crippen molar-refractivity contribution in [1.82, 2.24) is 10.3 Å². The number of pyridine rings is 1. The molecule has 1 aromatic heterocycles. The standard InChI is InChI=1S/C14H15N3O4/c1-13-6-17(7-14(13,2)12(21)16-11(13)20)9-4-3-8(5-15-9)10(18)19/h3-5H,6-7H2,1-2H3,(H,18,19)(H,16,20,21). The number of aromatic nitrogens is 1. The summed E-state index contributed by atoms with van der Waals surface area (Å²) < 4.78 is 0. The van der Waals surface area contributed by atoms with E-state index in [1.807, 2.05) is 4.90 Å². The van der Waals surface area contributed by atoms with E-state index in [0.717, 1.165) is 0 Å². The van der Waals surface area contributed by atoms with E-state index in [-0.39, 0.29) is 17.4 Å². The fourth-order valence-electron chi connectivity index (χ4n) is 3.05. The number of aromatic carboxylic acids is 1. The number of hydrogen-bond acceptors (Lipinski definition) is 5. The van der Waals surface area contributed by atoms with Crippen molar-refractivity contribution < 1.29 is 19.5 Å². The molecule has 0 aliphatic carbocycles. The second-order valence-electron chi connectivity index (χ2n) is 6.01. The molecule has 0 radical (unpaired) electrons. The molecule has 3 heterocycles. The van der Waals surface area contributed by atoms with Gasteiger partial charge >= 0.3 is 5.97 Å². The lowest BCUT2D eigenvalue weighted by Gasteiger charge is -2.25. The third-order valence-electron chi connectivity index (χ3n) is 4.78. The van der Waals surface area contributed by atoms with Gasteiger partial charge in [-0.2, -0.15) is 0 Å². The molecule has 21 heavy (non-hydrogen) atoms. The maximum atomic E-state index is 12.1. The van der Waals surface area contributed by atoms with Crippen molar-refractivity contribution in [3.8, 4) is 0 Å². The highest BCUT2D eigenvalue weighted by Gasteiger charge is 2.65. The number of imide groups is 1. The average Bonchev–Trinajstić information content (AvgIpc) is 2.80. The van der Waals surface area contributed by atoms with Crippen LogP contribution in [-0.4, -0.2) is 41.0 Å². The second-order valence-corrected chi connectivity index (χ2v) is 6.01. The summed E-state index contributed by atoms with van der Waals surface area (Å²) in [5.41, 5.74) is -1.49. The van der Waals surface area contributed by atoms with Crippen LogP contribution in [0.4, 0.5) is 5.82 Å². The minimum atomic E-state index is -1.04. The molecular weight excluding hydrogens is 274 g/mol.